The third-order valence-electron chi connectivity index (χ3n) is 3.48. The molecule has 1 heterocycles. The number of rotatable bonds is 3. The molecule has 0 fully saturated rings. The van der Waals surface area contributed by atoms with Crippen molar-refractivity contribution in [2.45, 2.75) is 6.18 Å². The molecule has 12 heteroatoms. The molecule has 2 aromatic carbocycles. The number of hydrogen-bond acceptors (Lipinski definition) is 5. The maximum absolute atomic E-state index is 12.9. The Kier molecular flexibility index (Phi) is 5.27. The van der Waals surface area contributed by atoms with Crippen LogP contribution in [0.4, 0.5) is 23.7 Å². The molecular weight excluding hydrogens is 401 g/mol. The van der Waals surface area contributed by atoms with Gasteiger partial charge in [-0.05, 0) is 46.8 Å². The molecule has 0 unspecified atom stereocenters. The van der Waals surface area contributed by atoms with Gasteiger partial charge in [0, 0.05) is 11.3 Å². The smallest absolute Gasteiger partial charge is 0.308 e. The molecule has 0 aliphatic carbocycles. The van der Waals surface area contributed by atoms with E-state index in [0.29, 0.717) is 11.8 Å². The minimum atomic E-state index is -4.68. The number of halogens is 4. The van der Waals surface area contributed by atoms with Crippen molar-refractivity contribution in [3.8, 4) is 5.69 Å². The van der Waals surface area contributed by atoms with E-state index in [9.17, 15) is 22.8 Å². The number of anilines is 1. The number of imide groups is 1. The molecule has 0 aliphatic heterocycles. The van der Waals surface area contributed by atoms with Gasteiger partial charge in [-0.15, -0.1) is 5.10 Å². The topological polar surface area (TPSA) is 102 Å². The summed E-state index contributed by atoms with van der Waals surface area (Å²) in [6.07, 6.45) is -3.36. The van der Waals surface area contributed by atoms with Crippen LogP contribution in [0.25, 0.3) is 5.69 Å². The second kappa shape index (κ2) is 7.64. The van der Waals surface area contributed by atoms with Crippen LogP contribution < -0.4 is 10.6 Å². The lowest BCUT2D eigenvalue weighted by atomic mass is 10.2. The summed E-state index contributed by atoms with van der Waals surface area (Å²) in [6, 6.07) is 7.91. The lowest BCUT2D eigenvalue weighted by Crippen LogP contribution is -2.34. The highest BCUT2D eigenvalue weighted by Crippen LogP contribution is 2.36. The van der Waals surface area contributed by atoms with Crippen LogP contribution >= 0.6 is 11.6 Å². The first-order valence-corrected chi connectivity index (χ1v) is 7.94. The Hall–Kier alpha value is -3.47. The van der Waals surface area contributed by atoms with Crippen LogP contribution in [0.15, 0.2) is 48.8 Å². The number of carbonyl (C=O) groups excluding carboxylic acids is 2. The SMILES string of the molecule is O=C(NC(=O)c1cccc(-n2cnnn2)c1)Nc1ccc(Cl)c(C(F)(F)F)c1. The normalized spacial score (nSPS) is 11.1. The number of hydrogen-bond donors (Lipinski definition) is 2. The minimum absolute atomic E-state index is 0.121. The number of benzene rings is 2. The average molecular weight is 411 g/mol. The van der Waals surface area contributed by atoms with Crippen molar-refractivity contribution >= 4 is 29.2 Å². The van der Waals surface area contributed by atoms with Gasteiger partial charge in [0.15, 0.2) is 0 Å². The van der Waals surface area contributed by atoms with Gasteiger partial charge in [-0.2, -0.15) is 13.2 Å². The molecule has 0 spiro atoms. The number of nitrogens with one attached hydrogen (secondary N) is 2. The van der Waals surface area contributed by atoms with E-state index in [4.69, 9.17) is 11.6 Å². The van der Waals surface area contributed by atoms with Crippen LogP contribution in [0.2, 0.25) is 5.02 Å². The van der Waals surface area contributed by atoms with Gasteiger partial charge < -0.3 is 5.32 Å². The fourth-order valence-electron chi connectivity index (χ4n) is 2.23. The second-order valence-corrected chi connectivity index (χ2v) is 5.81. The number of urea groups is 1. The van der Waals surface area contributed by atoms with Gasteiger partial charge in [0.1, 0.15) is 6.33 Å². The summed E-state index contributed by atoms with van der Waals surface area (Å²) in [7, 11) is 0. The Morgan fingerprint density at radius 2 is 1.89 bits per heavy atom. The molecule has 2 N–H and O–H groups in total. The standard InChI is InChI=1S/C16H10ClF3N6O2/c17-13-5-4-10(7-12(13)16(18,19)20)22-15(28)23-14(27)9-2-1-3-11(6-9)26-8-21-24-25-26/h1-8H,(H2,22,23,27,28). The predicted molar refractivity (Wildman–Crippen MR) is 92.1 cm³/mol. The monoisotopic (exact) mass is 410 g/mol. The lowest BCUT2D eigenvalue weighted by Gasteiger charge is -2.12. The quantitative estimate of drug-likeness (QED) is 0.689. The zero-order chi connectivity index (χ0) is 20.3. The first-order chi connectivity index (χ1) is 13.2. The number of aromatic nitrogens is 4. The number of alkyl halides is 3. The summed E-state index contributed by atoms with van der Waals surface area (Å²) in [5, 5.41) is 14.3. The molecule has 3 aromatic rings. The van der Waals surface area contributed by atoms with Crippen LogP contribution in [-0.2, 0) is 6.18 Å². The number of carbonyl (C=O) groups is 2. The maximum atomic E-state index is 12.9. The molecule has 0 atom stereocenters. The average Bonchev–Trinajstić information content (AvgIpc) is 3.17. The van der Waals surface area contributed by atoms with Crippen molar-refractivity contribution in [3.63, 3.8) is 0 Å². The third kappa shape index (κ3) is 4.43. The Balaban J connectivity index is 1.70. The van der Waals surface area contributed by atoms with E-state index in [0.717, 1.165) is 6.07 Å². The van der Waals surface area contributed by atoms with Gasteiger partial charge in [0.05, 0.1) is 16.3 Å². The lowest BCUT2D eigenvalue weighted by molar-refractivity contribution is -0.137. The summed E-state index contributed by atoms with van der Waals surface area (Å²) >= 11 is 5.52. The Bertz CT molecular complexity index is 1020. The molecule has 0 saturated carbocycles. The van der Waals surface area contributed by atoms with Crippen molar-refractivity contribution in [1.29, 1.82) is 0 Å². The Morgan fingerprint density at radius 3 is 2.57 bits per heavy atom. The maximum Gasteiger partial charge on any atom is 0.417 e. The molecule has 3 rings (SSSR count). The molecule has 8 nitrogen and oxygen atoms in total. The Labute approximate surface area is 160 Å². The highest BCUT2D eigenvalue weighted by molar-refractivity contribution is 6.31. The van der Waals surface area contributed by atoms with E-state index in [1.54, 1.807) is 12.1 Å². The summed E-state index contributed by atoms with van der Waals surface area (Å²) in [6.45, 7) is 0. The van der Waals surface area contributed by atoms with Gasteiger partial charge >= 0.3 is 12.2 Å². The molecule has 144 valence electrons. The highest BCUT2D eigenvalue weighted by atomic mass is 35.5. The van der Waals surface area contributed by atoms with E-state index >= 15 is 0 Å². The zero-order valence-electron chi connectivity index (χ0n) is 13.7. The minimum Gasteiger partial charge on any atom is -0.308 e. The van der Waals surface area contributed by atoms with E-state index in [2.05, 4.69) is 20.8 Å². The van der Waals surface area contributed by atoms with E-state index in [1.165, 1.54) is 29.2 Å². The van der Waals surface area contributed by atoms with Crippen LogP contribution in [0, 0.1) is 0 Å². The number of tetrazole rings is 1. The first-order valence-electron chi connectivity index (χ1n) is 7.56. The number of nitrogens with zero attached hydrogens (tertiary/aromatic N) is 4. The summed E-state index contributed by atoms with van der Waals surface area (Å²) < 4.78 is 39.9. The van der Waals surface area contributed by atoms with Crippen LogP contribution in [0.1, 0.15) is 15.9 Å². The van der Waals surface area contributed by atoms with E-state index in [1.807, 2.05) is 5.32 Å². The first kappa shape index (κ1) is 19.3. The van der Waals surface area contributed by atoms with E-state index in [-0.39, 0.29) is 11.3 Å². The third-order valence-corrected chi connectivity index (χ3v) is 3.81. The van der Waals surface area contributed by atoms with Crippen molar-refractivity contribution in [2.24, 2.45) is 0 Å². The number of amides is 3. The van der Waals surface area contributed by atoms with Gasteiger partial charge in [-0.1, -0.05) is 17.7 Å². The summed E-state index contributed by atoms with van der Waals surface area (Å²) in [5.74, 6) is -0.766. The van der Waals surface area contributed by atoms with E-state index < -0.39 is 28.7 Å². The molecule has 0 saturated heterocycles. The fourth-order valence-corrected chi connectivity index (χ4v) is 2.45. The molecule has 0 radical (unpaired) electrons. The molecule has 28 heavy (non-hydrogen) atoms. The summed E-state index contributed by atoms with van der Waals surface area (Å²) in [4.78, 5) is 24.2. The van der Waals surface area contributed by atoms with Crippen LogP contribution in [-0.4, -0.2) is 32.1 Å². The predicted octanol–water partition coefficient (Wildman–Crippen LogP) is 3.30. The van der Waals surface area contributed by atoms with Crippen LogP contribution in [0.5, 0.6) is 0 Å². The summed E-state index contributed by atoms with van der Waals surface area (Å²) in [5.41, 5.74) is -0.683. The highest BCUT2D eigenvalue weighted by Gasteiger charge is 2.33. The largest absolute Gasteiger partial charge is 0.417 e. The zero-order valence-corrected chi connectivity index (χ0v) is 14.5. The van der Waals surface area contributed by atoms with Crippen molar-refractivity contribution in [1.82, 2.24) is 25.5 Å². The van der Waals surface area contributed by atoms with Gasteiger partial charge in [0.25, 0.3) is 5.91 Å². The Morgan fingerprint density at radius 1 is 1.11 bits per heavy atom. The molecule has 1 aromatic heterocycles. The van der Waals surface area contributed by atoms with Crippen molar-refractivity contribution in [2.75, 3.05) is 5.32 Å². The van der Waals surface area contributed by atoms with Crippen LogP contribution in [0.3, 0.4) is 0 Å². The van der Waals surface area contributed by atoms with Gasteiger partial charge in [-0.25, -0.2) is 9.48 Å². The molecule has 0 aliphatic rings. The second-order valence-electron chi connectivity index (χ2n) is 5.41. The van der Waals surface area contributed by atoms with Crippen molar-refractivity contribution < 1.29 is 22.8 Å². The fraction of sp³-hybridized carbons (Fsp3) is 0.0625. The molecule has 3 amide bonds. The molecule has 0 bridgehead atoms. The molecular formula is C16H10ClF3N6O2. The van der Waals surface area contributed by atoms with Gasteiger partial charge in [0.2, 0.25) is 0 Å². The van der Waals surface area contributed by atoms with Crippen molar-refractivity contribution in [3.05, 3.63) is 64.9 Å². The van der Waals surface area contributed by atoms with Gasteiger partial charge in [-0.3, -0.25) is 10.1 Å².